The molecule has 0 bridgehead atoms. The van der Waals surface area contributed by atoms with Gasteiger partial charge in [0.2, 0.25) is 5.91 Å². The molecule has 0 radical (unpaired) electrons. The zero-order valence-electron chi connectivity index (χ0n) is 14.9. The second-order valence-corrected chi connectivity index (χ2v) is 5.77. The summed E-state index contributed by atoms with van der Waals surface area (Å²) in [6, 6.07) is 5.93. The topological polar surface area (TPSA) is 68.0 Å². The Kier molecular flexibility index (Phi) is 11.6. The quantitative estimate of drug-likeness (QED) is 0.766. The second kappa shape index (κ2) is 12.2. The van der Waals surface area contributed by atoms with Gasteiger partial charge in [0.05, 0.1) is 14.2 Å². The number of benzene rings is 1. The fourth-order valence-electron chi connectivity index (χ4n) is 2.78. The maximum Gasteiger partial charge on any atom is 0.222 e. The van der Waals surface area contributed by atoms with Gasteiger partial charge in [-0.25, -0.2) is 0 Å². The van der Waals surface area contributed by atoms with E-state index in [-0.39, 0.29) is 30.7 Å². The summed E-state index contributed by atoms with van der Waals surface area (Å²) >= 11 is 0. The van der Waals surface area contributed by atoms with Gasteiger partial charge in [-0.15, -0.1) is 24.8 Å². The Morgan fingerprint density at radius 3 is 2.08 bits per heavy atom. The monoisotopic (exact) mass is 393 g/mol. The number of methoxy groups -OCH3 is 2. The van der Waals surface area contributed by atoms with Gasteiger partial charge in [-0.2, -0.15) is 0 Å². The van der Waals surface area contributed by atoms with Gasteiger partial charge in [0.15, 0.2) is 0 Å². The third kappa shape index (κ3) is 7.28. The minimum atomic E-state index is 0. The summed E-state index contributed by atoms with van der Waals surface area (Å²) in [6.45, 7) is 4.73. The van der Waals surface area contributed by atoms with E-state index >= 15 is 0 Å². The minimum absolute atomic E-state index is 0. The minimum Gasteiger partial charge on any atom is -0.497 e. The number of rotatable bonds is 7. The van der Waals surface area contributed by atoms with E-state index in [4.69, 9.17) is 15.2 Å². The van der Waals surface area contributed by atoms with Crippen molar-refractivity contribution >= 4 is 30.7 Å². The van der Waals surface area contributed by atoms with Gasteiger partial charge in [0, 0.05) is 45.2 Å². The van der Waals surface area contributed by atoms with Crippen LogP contribution < -0.4 is 15.2 Å². The van der Waals surface area contributed by atoms with Gasteiger partial charge in [0.25, 0.3) is 0 Å². The molecule has 0 aromatic heterocycles. The molecule has 8 heteroatoms. The number of carbonyl (C=O) groups is 1. The fraction of sp³-hybridized carbons (Fsp3) is 0.588. The van der Waals surface area contributed by atoms with Crippen molar-refractivity contribution < 1.29 is 14.3 Å². The first-order chi connectivity index (χ1) is 11.2. The molecule has 0 saturated carbocycles. The molecule has 1 aliphatic heterocycles. The van der Waals surface area contributed by atoms with E-state index < -0.39 is 0 Å². The molecule has 25 heavy (non-hydrogen) atoms. The van der Waals surface area contributed by atoms with Gasteiger partial charge in [-0.1, -0.05) is 0 Å². The van der Waals surface area contributed by atoms with Crippen molar-refractivity contribution in [1.29, 1.82) is 0 Å². The highest BCUT2D eigenvalue weighted by Crippen LogP contribution is 2.23. The average Bonchev–Trinajstić information content (AvgIpc) is 2.59. The molecule has 144 valence electrons. The van der Waals surface area contributed by atoms with Crippen LogP contribution in [0.1, 0.15) is 18.4 Å². The first-order valence-corrected chi connectivity index (χ1v) is 8.08. The zero-order chi connectivity index (χ0) is 16.7. The first-order valence-electron chi connectivity index (χ1n) is 8.08. The number of ether oxygens (including phenoxy) is 2. The third-order valence-corrected chi connectivity index (χ3v) is 4.14. The molecule has 1 aromatic carbocycles. The molecule has 0 unspecified atom stereocenters. The van der Waals surface area contributed by atoms with E-state index in [0.29, 0.717) is 13.0 Å². The lowest BCUT2D eigenvalue weighted by Crippen LogP contribution is -2.48. The Morgan fingerprint density at radius 2 is 1.60 bits per heavy atom. The molecule has 0 aliphatic carbocycles. The molecule has 1 aliphatic rings. The molecule has 1 fully saturated rings. The van der Waals surface area contributed by atoms with Crippen molar-refractivity contribution in [3.8, 4) is 11.5 Å². The number of nitrogens with two attached hydrogens (primary N) is 1. The molecule has 2 rings (SSSR count). The molecule has 2 N–H and O–H groups in total. The Morgan fingerprint density at radius 1 is 1.04 bits per heavy atom. The normalized spacial score (nSPS) is 14.3. The number of piperazine rings is 1. The lowest BCUT2D eigenvalue weighted by molar-refractivity contribution is -0.133. The van der Waals surface area contributed by atoms with Crippen LogP contribution in [0.2, 0.25) is 0 Å². The Labute approximate surface area is 162 Å². The first kappa shape index (κ1) is 23.8. The number of halogens is 2. The maximum atomic E-state index is 12.0. The summed E-state index contributed by atoms with van der Waals surface area (Å²) in [5, 5.41) is 0. The average molecular weight is 394 g/mol. The Hall–Kier alpha value is -1.21. The molecule has 1 heterocycles. The maximum absolute atomic E-state index is 12.0. The Bertz CT molecular complexity index is 502. The molecular weight excluding hydrogens is 365 g/mol. The van der Waals surface area contributed by atoms with E-state index in [0.717, 1.165) is 56.2 Å². The predicted octanol–water partition coefficient (Wildman–Crippen LogP) is 1.93. The van der Waals surface area contributed by atoms with Crippen molar-refractivity contribution in [3.63, 3.8) is 0 Å². The number of carbonyl (C=O) groups excluding carboxylic acids is 1. The van der Waals surface area contributed by atoms with Crippen LogP contribution in [-0.2, 0) is 11.3 Å². The summed E-state index contributed by atoms with van der Waals surface area (Å²) in [7, 11) is 3.31. The predicted molar refractivity (Wildman–Crippen MR) is 104 cm³/mol. The van der Waals surface area contributed by atoms with E-state index in [1.165, 1.54) is 0 Å². The van der Waals surface area contributed by atoms with Crippen molar-refractivity contribution in [1.82, 2.24) is 9.80 Å². The highest BCUT2D eigenvalue weighted by atomic mass is 35.5. The van der Waals surface area contributed by atoms with Gasteiger partial charge >= 0.3 is 0 Å². The highest BCUT2D eigenvalue weighted by molar-refractivity contribution is 5.85. The fourth-order valence-corrected chi connectivity index (χ4v) is 2.78. The molecule has 6 nitrogen and oxygen atoms in total. The Balaban J connectivity index is 0.00000288. The van der Waals surface area contributed by atoms with Crippen LogP contribution in [0.25, 0.3) is 0 Å². The van der Waals surface area contributed by atoms with E-state index in [1.54, 1.807) is 14.2 Å². The van der Waals surface area contributed by atoms with Crippen LogP contribution in [-0.4, -0.2) is 62.7 Å². The van der Waals surface area contributed by atoms with Crippen molar-refractivity contribution in [3.05, 3.63) is 23.8 Å². The summed E-state index contributed by atoms with van der Waals surface area (Å²) in [5.74, 6) is 1.82. The summed E-state index contributed by atoms with van der Waals surface area (Å²) < 4.78 is 10.6. The number of hydrogen-bond acceptors (Lipinski definition) is 5. The molecule has 1 saturated heterocycles. The van der Waals surface area contributed by atoms with Crippen molar-refractivity contribution in [2.45, 2.75) is 19.4 Å². The second-order valence-electron chi connectivity index (χ2n) is 5.77. The smallest absolute Gasteiger partial charge is 0.222 e. The van der Waals surface area contributed by atoms with Crippen LogP contribution in [0.5, 0.6) is 11.5 Å². The number of amides is 1. The van der Waals surface area contributed by atoms with E-state index in [2.05, 4.69) is 4.90 Å². The van der Waals surface area contributed by atoms with Crippen molar-refractivity contribution in [2.75, 3.05) is 46.9 Å². The summed E-state index contributed by atoms with van der Waals surface area (Å²) in [4.78, 5) is 16.3. The lowest BCUT2D eigenvalue weighted by Gasteiger charge is -2.35. The van der Waals surface area contributed by atoms with Gasteiger partial charge in [0.1, 0.15) is 11.5 Å². The SMILES string of the molecule is COc1cc(CN2CCN(C(=O)CCCN)CC2)cc(OC)c1.Cl.Cl. The third-order valence-electron chi connectivity index (χ3n) is 4.14. The van der Waals surface area contributed by atoms with Gasteiger partial charge in [-0.3, -0.25) is 9.69 Å². The lowest BCUT2D eigenvalue weighted by atomic mass is 10.1. The van der Waals surface area contributed by atoms with Crippen LogP contribution >= 0.6 is 24.8 Å². The largest absolute Gasteiger partial charge is 0.497 e. The number of hydrogen-bond donors (Lipinski definition) is 1. The summed E-state index contributed by atoms with van der Waals surface area (Å²) in [5.41, 5.74) is 6.62. The van der Waals surface area contributed by atoms with Crippen molar-refractivity contribution in [2.24, 2.45) is 5.73 Å². The molecule has 0 atom stereocenters. The van der Waals surface area contributed by atoms with Crippen LogP contribution in [0.4, 0.5) is 0 Å². The van der Waals surface area contributed by atoms with Crippen LogP contribution in [0.3, 0.4) is 0 Å². The zero-order valence-corrected chi connectivity index (χ0v) is 16.5. The highest BCUT2D eigenvalue weighted by Gasteiger charge is 2.20. The van der Waals surface area contributed by atoms with E-state index in [9.17, 15) is 4.79 Å². The molecule has 1 amide bonds. The molecule has 0 spiro atoms. The molecular formula is C17H29Cl2N3O3. The summed E-state index contributed by atoms with van der Waals surface area (Å²) in [6.07, 6.45) is 1.33. The van der Waals surface area contributed by atoms with E-state index in [1.807, 2.05) is 23.1 Å². The van der Waals surface area contributed by atoms with Gasteiger partial charge < -0.3 is 20.1 Å². The number of nitrogens with zero attached hydrogens (tertiary/aromatic N) is 2. The van der Waals surface area contributed by atoms with Crippen LogP contribution in [0.15, 0.2) is 18.2 Å². The molecule has 1 aromatic rings. The van der Waals surface area contributed by atoms with Gasteiger partial charge in [-0.05, 0) is 30.7 Å². The standard InChI is InChI=1S/C17H27N3O3.2ClH/c1-22-15-10-14(11-16(12-15)23-2)13-19-6-8-20(9-7-19)17(21)4-3-5-18;;/h10-12H,3-9,13,18H2,1-2H3;2*1H. The van der Waals surface area contributed by atoms with Crippen LogP contribution in [0, 0.1) is 0 Å².